The molecule has 0 bridgehead atoms. The predicted octanol–water partition coefficient (Wildman–Crippen LogP) is 2.25. The van der Waals surface area contributed by atoms with Gasteiger partial charge in [-0.2, -0.15) is 0 Å². The first-order valence-corrected chi connectivity index (χ1v) is 5.84. The number of alkyl carbamates (subject to hydrolysis) is 1. The number of halogens is 2. The Bertz CT molecular complexity index is 385. The van der Waals surface area contributed by atoms with E-state index in [9.17, 15) is 4.79 Å². The van der Waals surface area contributed by atoms with Crippen molar-refractivity contribution in [2.45, 2.75) is 6.42 Å². The minimum Gasteiger partial charge on any atom is -0.447 e. The second-order valence-electron chi connectivity index (χ2n) is 3.27. The molecule has 0 heterocycles. The van der Waals surface area contributed by atoms with Crippen molar-refractivity contribution in [3.63, 3.8) is 0 Å². The number of hydrogen-bond donors (Lipinski definition) is 2. The number of aliphatic hydroxyl groups excluding tert-OH is 1. The van der Waals surface area contributed by atoms with Crippen LogP contribution in [0.1, 0.15) is 5.56 Å². The Labute approximate surface area is 109 Å². The fourth-order valence-corrected chi connectivity index (χ4v) is 1.72. The minimum atomic E-state index is -0.552. The molecule has 0 saturated heterocycles. The van der Waals surface area contributed by atoms with E-state index in [-0.39, 0.29) is 13.2 Å². The van der Waals surface area contributed by atoms with Gasteiger partial charge in [0.1, 0.15) is 6.61 Å². The average Bonchev–Trinajstić information content (AvgIpc) is 2.29. The summed E-state index contributed by atoms with van der Waals surface area (Å²) in [6, 6.07) is 5.21. The normalized spacial score (nSPS) is 10.1. The Balaban J connectivity index is 2.33. The molecule has 0 radical (unpaired) electrons. The molecule has 1 aromatic carbocycles. The summed E-state index contributed by atoms with van der Waals surface area (Å²) in [7, 11) is 0. The molecule has 6 heteroatoms. The molecular weight excluding hydrogens is 265 g/mol. The number of benzene rings is 1. The van der Waals surface area contributed by atoms with Crippen molar-refractivity contribution in [1.82, 2.24) is 5.32 Å². The van der Waals surface area contributed by atoms with Gasteiger partial charge in [-0.1, -0.05) is 29.3 Å². The predicted molar refractivity (Wildman–Crippen MR) is 66.6 cm³/mol. The monoisotopic (exact) mass is 277 g/mol. The van der Waals surface area contributed by atoms with Crippen LogP contribution in [0.25, 0.3) is 0 Å². The molecule has 17 heavy (non-hydrogen) atoms. The molecule has 0 aliphatic rings. The van der Waals surface area contributed by atoms with Gasteiger partial charge in [-0.15, -0.1) is 0 Å². The summed E-state index contributed by atoms with van der Waals surface area (Å²) in [6.07, 6.45) is 0.0358. The van der Waals surface area contributed by atoms with Crippen LogP contribution in [0.4, 0.5) is 4.79 Å². The van der Waals surface area contributed by atoms with Gasteiger partial charge in [0.2, 0.25) is 0 Å². The highest BCUT2D eigenvalue weighted by Gasteiger charge is 2.03. The molecule has 0 spiro atoms. The molecule has 0 saturated carbocycles. The van der Waals surface area contributed by atoms with Crippen molar-refractivity contribution in [2.75, 3.05) is 19.8 Å². The second kappa shape index (κ2) is 7.37. The second-order valence-corrected chi connectivity index (χ2v) is 4.12. The van der Waals surface area contributed by atoms with E-state index in [2.05, 4.69) is 10.1 Å². The zero-order valence-electron chi connectivity index (χ0n) is 9.08. The molecular formula is C11H13Cl2NO3. The molecule has 1 aromatic rings. The highest BCUT2D eigenvalue weighted by atomic mass is 35.5. The quantitative estimate of drug-likeness (QED) is 0.868. The molecule has 1 rings (SSSR count). The summed E-state index contributed by atoms with van der Waals surface area (Å²) in [5, 5.41) is 12.1. The number of ether oxygens (including phenoxy) is 1. The standard InChI is InChI=1S/C11H13Cl2NO3/c12-9-2-1-8(10(13)7-9)3-4-14-11(16)17-6-5-15/h1-2,7,15H,3-6H2,(H,14,16). The van der Waals surface area contributed by atoms with E-state index in [1.54, 1.807) is 12.1 Å². The lowest BCUT2D eigenvalue weighted by atomic mass is 10.1. The highest BCUT2D eigenvalue weighted by Crippen LogP contribution is 2.20. The Morgan fingerprint density at radius 1 is 1.41 bits per heavy atom. The lowest BCUT2D eigenvalue weighted by molar-refractivity contribution is 0.119. The van der Waals surface area contributed by atoms with Crippen LogP contribution in [0, 0.1) is 0 Å². The number of rotatable bonds is 5. The number of carbonyl (C=O) groups excluding carboxylic acids is 1. The van der Waals surface area contributed by atoms with Crippen molar-refractivity contribution >= 4 is 29.3 Å². The molecule has 0 aromatic heterocycles. The van der Waals surface area contributed by atoms with Crippen LogP contribution >= 0.6 is 23.2 Å². The molecule has 0 aliphatic heterocycles. The molecule has 0 aliphatic carbocycles. The lowest BCUT2D eigenvalue weighted by Gasteiger charge is -2.07. The van der Waals surface area contributed by atoms with Gasteiger partial charge >= 0.3 is 6.09 Å². The van der Waals surface area contributed by atoms with Gasteiger partial charge in [0, 0.05) is 16.6 Å². The van der Waals surface area contributed by atoms with Crippen LogP contribution in [0.2, 0.25) is 10.0 Å². The summed E-state index contributed by atoms with van der Waals surface area (Å²) >= 11 is 11.7. The van der Waals surface area contributed by atoms with E-state index in [0.717, 1.165) is 5.56 Å². The summed E-state index contributed by atoms with van der Waals surface area (Å²) in [5.41, 5.74) is 0.901. The van der Waals surface area contributed by atoms with E-state index >= 15 is 0 Å². The third-order valence-corrected chi connectivity index (χ3v) is 2.59. The van der Waals surface area contributed by atoms with Crippen LogP contribution in [-0.2, 0) is 11.2 Å². The van der Waals surface area contributed by atoms with Crippen LogP contribution in [0.5, 0.6) is 0 Å². The molecule has 2 N–H and O–H groups in total. The molecule has 0 atom stereocenters. The van der Waals surface area contributed by atoms with Gasteiger partial charge in [0.05, 0.1) is 6.61 Å². The maximum atomic E-state index is 11.0. The maximum Gasteiger partial charge on any atom is 0.407 e. The summed E-state index contributed by atoms with van der Waals surface area (Å²) < 4.78 is 4.62. The third-order valence-electron chi connectivity index (χ3n) is 2.00. The summed E-state index contributed by atoms with van der Waals surface area (Å²) in [5.74, 6) is 0. The Morgan fingerprint density at radius 2 is 2.18 bits per heavy atom. The minimum absolute atomic E-state index is 0.00641. The van der Waals surface area contributed by atoms with Gasteiger partial charge in [0.25, 0.3) is 0 Å². The SMILES string of the molecule is O=C(NCCc1ccc(Cl)cc1Cl)OCCO. The fourth-order valence-electron chi connectivity index (χ4n) is 1.21. The average molecular weight is 278 g/mol. The maximum absolute atomic E-state index is 11.0. The Morgan fingerprint density at radius 3 is 2.82 bits per heavy atom. The number of carbonyl (C=O) groups is 1. The van der Waals surface area contributed by atoms with Gasteiger partial charge < -0.3 is 15.2 Å². The third kappa shape index (κ3) is 5.26. The first kappa shape index (κ1) is 14.1. The zero-order chi connectivity index (χ0) is 12.7. The van der Waals surface area contributed by atoms with Crippen molar-refractivity contribution in [2.24, 2.45) is 0 Å². The molecule has 94 valence electrons. The van der Waals surface area contributed by atoms with Gasteiger partial charge in [-0.3, -0.25) is 0 Å². The van der Waals surface area contributed by atoms with Crippen molar-refractivity contribution in [3.05, 3.63) is 33.8 Å². The van der Waals surface area contributed by atoms with Gasteiger partial charge in [-0.05, 0) is 24.1 Å². The first-order chi connectivity index (χ1) is 8.13. The number of amides is 1. The Kier molecular flexibility index (Phi) is 6.11. The smallest absolute Gasteiger partial charge is 0.407 e. The molecule has 1 amide bonds. The van der Waals surface area contributed by atoms with Crippen molar-refractivity contribution < 1.29 is 14.6 Å². The summed E-state index contributed by atoms with van der Waals surface area (Å²) in [4.78, 5) is 11.0. The first-order valence-electron chi connectivity index (χ1n) is 5.09. The fraction of sp³-hybridized carbons (Fsp3) is 0.364. The highest BCUT2D eigenvalue weighted by molar-refractivity contribution is 6.35. The topological polar surface area (TPSA) is 58.6 Å². The van der Waals surface area contributed by atoms with E-state index in [0.29, 0.717) is 23.0 Å². The number of nitrogens with one attached hydrogen (secondary N) is 1. The van der Waals surface area contributed by atoms with Crippen LogP contribution in [0.15, 0.2) is 18.2 Å². The zero-order valence-corrected chi connectivity index (χ0v) is 10.6. The van der Waals surface area contributed by atoms with E-state index < -0.39 is 6.09 Å². The van der Waals surface area contributed by atoms with Gasteiger partial charge in [-0.25, -0.2) is 4.79 Å². The molecule has 4 nitrogen and oxygen atoms in total. The number of aliphatic hydroxyl groups is 1. The van der Waals surface area contributed by atoms with E-state index in [4.69, 9.17) is 28.3 Å². The van der Waals surface area contributed by atoms with E-state index in [1.165, 1.54) is 0 Å². The molecule has 0 fully saturated rings. The van der Waals surface area contributed by atoms with E-state index in [1.807, 2.05) is 6.07 Å². The largest absolute Gasteiger partial charge is 0.447 e. The Hall–Kier alpha value is -0.970. The van der Waals surface area contributed by atoms with Gasteiger partial charge in [0.15, 0.2) is 0 Å². The lowest BCUT2D eigenvalue weighted by Crippen LogP contribution is -2.27. The summed E-state index contributed by atoms with van der Waals surface area (Å²) in [6.45, 7) is 0.218. The van der Waals surface area contributed by atoms with Crippen molar-refractivity contribution in [1.29, 1.82) is 0 Å². The molecule has 0 unspecified atom stereocenters. The van der Waals surface area contributed by atoms with Crippen LogP contribution in [0.3, 0.4) is 0 Å². The van der Waals surface area contributed by atoms with Crippen LogP contribution in [-0.4, -0.2) is 31.0 Å². The van der Waals surface area contributed by atoms with Crippen molar-refractivity contribution in [3.8, 4) is 0 Å². The van der Waals surface area contributed by atoms with Crippen LogP contribution < -0.4 is 5.32 Å². The number of hydrogen-bond acceptors (Lipinski definition) is 3.